The van der Waals surface area contributed by atoms with Crippen molar-refractivity contribution in [1.82, 2.24) is 4.90 Å². The molecule has 0 radical (unpaired) electrons. The Kier molecular flexibility index (Phi) is 3.79. The highest BCUT2D eigenvalue weighted by molar-refractivity contribution is 7.80. The number of aliphatic hydroxyl groups excluding tert-OH is 1. The number of methoxy groups -OCH3 is 1. The normalized spacial score (nSPS) is 26.4. The third-order valence-electron chi connectivity index (χ3n) is 2.25. The van der Waals surface area contributed by atoms with Crippen LogP contribution < -0.4 is 5.73 Å². The van der Waals surface area contributed by atoms with E-state index in [0.29, 0.717) is 18.0 Å². The lowest BCUT2D eigenvalue weighted by molar-refractivity contribution is -0.144. The van der Waals surface area contributed by atoms with E-state index >= 15 is 0 Å². The van der Waals surface area contributed by atoms with Gasteiger partial charge in [0.05, 0.1) is 18.2 Å². The van der Waals surface area contributed by atoms with Crippen LogP contribution in [0.4, 0.5) is 0 Å². The smallest absolute Gasteiger partial charge is 0.328 e. The molecule has 80 valence electrons. The van der Waals surface area contributed by atoms with Crippen LogP contribution in [0.5, 0.6) is 0 Å². The summed E-state index contributed by atoms with van der Waals surface area (Å²) < 4.78 is 4.62. The molecular formula is C8H14N2O3S. The Bertz CT molecular complexity index is 223. The second-order valence-corrected chi connectivity index (χ2v) is 3.65. The molecule has 1 fully saturated rings. The van der Waals surface area contributed by atoms with Crippen molar-refractivity contribution >= 4 is 23.2 Å². The van der Waals surface area contributed by atoms with Gasteiger partial charge in [0.25, 0.3) is 0 Å². The molecule has 0 aliphatic carbocycles. The van der Waals surface area contributed by atoms with Gasteiger partial charge in [0.1, 0.15) is 6.04 Å². The average molecular weight is 218 g/mol. The number of hydrogen-bond donors (Lipinski definition) is 2. The van der Waals surface area contributed by atoms with E-state index in [1.54, 1.807) is 4.90 Å². The molecule has 0 aromatic carbocycles. The first-order chi connectivity index (χ1) is 6.60. The molecule has 1 saturated heterocycles. The molecule has 0 spiro atoms. The number of ether oxygens (including phenoxy) is 1. The zero-order valence-electron chi connectivity index (χ0n) is 7.97. The fraction of sp³-hybridized carbons (Fsp3) is 0.750. The number of esters is 1. The van der Waals surface area contributed by atoms with Crippen molar-refractivity contribution < 1.29 is 14.6 Å². The lowest BCUT2D eigenvalue weighted by atomic mass is 10.2. The minimum atomic E-state index is -0.538. The number of carbonyl (C=O) groups excluding carboxylic acids is 1. The topological polar surface area (TPSA) is 75.8 Å². The summed E-state index contributed by atoms with van der Waals surface area (Å²) in [6, 6.07) is -0.481. The van der Waals surface area contributed by atoms with Gasteiger partial charge in [0.15, 0.2) is 0 Å². The molecule has 6 heteroatoms. The van der Waals surface area contributed by atoms with Crippen LogP contribution in [0.3, 0.4) is 0 Å². The van der Waals surface area contributed by atoms with Gasteiger partial charge in [-0.3, -0.25) is 0 Å². The predicted octanol–water partition coefficient (Wildman–Crippen LogP) is -1.12. The molecule has 1 aliphatic rings. The van der Waals surface area contributed by atoms with Crippen molar-refractivity contribution in [3.05, 3.63) is 0 Å². The number of β-amino-alcohol motifs (C(OH)–C–C–N with tert-alkyl or cyclic N) is 1. The molecule has 3 N–H and O–H groups in total. The summed E-state index contributed by atoms with van der Waals surface area (Å²) in [6.45, 7) is 0.561. The van der Waals surface area contributed by atoms with Gasteiger partial charge in [-0.05, 0) is 0 Å². The molecule has 0 amide bonds. The maximum absolute atomic E-state index is 11.3. The molecule has 14 heavy (non-hydrogen) atoms. The van der Waals surface area contributed by atoms with Crippen LogP contribution in [0.25, 0.3) is 0 Å². The summed E-state index contributed by atoms with van der Waals surface area (Å²) in [5.74, 6) is -0.377. The monoisotopic (exact) mass is 218 g/mol. The van der Waals surface area contributed by atoms with Gasteiger partial charge in [-0.25, -0.2) is 4.79 Å². The van der Waals surface area contributed by atoms with E-state index in [2.05, 4.69) is 4.74 Å². The lowest BCUT2D eigenvalue weighted by Gasteiger charge is -2.23. The van der Waals surface area contributed by atoms with E-state index < -0.39 is 12.1 Å². The summed E-state index contributed by atoms with van der Waals surface area (Å²) in [5, 5.41) is 9.41. The Morgan fingerprint density at radius 2 is 2.43 bits per heavy atom. The Balaban J connectivity index is 2.72. The number of hydrogen-bond acceptors (Lipinski definition) is 5. The minimum Gasteiger partial charge on any atom is -0.467 e. The summed E-state index contributed by atoms with van der Waals surface area (Å²) in [5.41, 5.74) is 5.38. The average Bonchev–Trinajstić information content (AvgIpc) is 2.58. The maximum Gasteiger partial charge on any atom is 0.328 e. The van der Waals surface area contributed by atoms with Crippen molar-refractivity contribution in [1.29, 1.82) is 0 Å². The van der Waals surface area contributed by atoms with Crippen LogP contribution in [-0.4, -0.2) is 53.3 Å². The van der Waals surface area contributed by atoms with Gasteiger partial charge in [-0.1, -0.05) is 12.2 Å². The van der Waals surface area contributed by atoms with Crippen LogP contribution in [0, 0.1) is 0 Å². The highest BCUT2D eigenvalue weighted by atomic mass is 32.1. The number of nitrogens with two attached hydrogens (primary N) is 1. The summed E-state index contributed by atoms with van der Waals surface area (Å²) in [7, 11) is 1.32. The first-order valence-electron chi connectivity index (χ1n) is 4.35. The highest BCUT2D eigenvalue weighted by Crippen LogP contribution is 2.19. The number of carbonyl (C=O) groups is 1. The van der Waals surface area contributed by atoms with Crippen LogP contribution in [0.15, 0.2) is 0 Å². The summed E-state index contributed by atoms with van der Waals surface area (Å²) >= 11 is 4.99. The van der Waals surface area contributed by atoms with Crippen molar-refractivity contribution in [3.63, 3.8) is 0 Å². The first-order valence-corrected chi connectivity index (χ1v) is 4.76. The molecule has 2 atom stereocenters. The predicted molar refractivity (Wildman–Crippen MR) is 54.8 cm³/mol. The Morgan fingerprint density at radius 3 is 2.93 bits per heavy atom. The van der Waals surface area contributed by atoms with E-state index in [1.165, 1.54) is 7.11 Å². The van der Waals surface area contributed by atoms with Gasteiger partial charge in [0.2, 0.25) is 0 Å². The van der Waals surface area contributed by atoms with Gasteiger partial charge < -0.3 is 20.5 Å². The van der Waals surface area contributed by atoms with Crippen LogP contribution >= 0.6 is 12.2 Å². The van der Waals surface area contributed by atoms with E-state index in [1.807, 2.05) is 0 Å². The lowest BCUT2D eigenvalue weighted by Crippen LogP contribution is -2.43. The fourth-order valence-electron chi connectivity index (χ4n) is 1.57. The van der Waals surface area contributed by atoms with Crippen molar-refractivity contribution in [3.8, 4) is 0 Å². The Hall–Kier alpha value is -0.720. The van der Waals surface area contributed by atoms with Crippen LogP contribution in [0.1, 0.15) is 6.42 Å². The molecule has 1 rings (SSSR count). The fourth-order valence-corrected chi connectivity index (χ4v) is 1.77. The summed E-state index contributed by atoms with van der Waals surface area (Å²) in [6.07, 6.45) is -0.184. The number of rotatable bonds is 2. The third kappa shape index (κ3) is 2.20. The molecule has 0 bridgehead atoms. The minimum absolute atomic E-state index is 0.204. The highest BCUT2D eigenvalue weighted by Gasteiger charge is 2.37. The molecule has 0 aromatic heterocycles. The Morgan fingerprint density at radius 1 is 1.79 bits per heavy atom. The van der Waals surface area contributed by atoms with Crippen LogP contribution in [-0.2, 0) is 9.53 Å². The molecule has 0 saturated carbocycles. The third-order valence-corrected chi connectivity index (χ3v) is 2.65. The molecule has 2 unspecified atom stereocenters. The van der Waals surface area contributed by atoms with Gasteiger partial charge in [-0.2, -0.15) is 0 Å². The SMILES string of the molecule is COC(=O)C1CC(O)CN1C(=S)CN. The molecular weight excluding hydrogens is 204 g/mol. The number of likely N-dealkylation sites (tertiary alicyclic amines) is 1. The van der Waals surface area contributed by atoms with Gasteiger partial charge in [-0.15, -0.1) is 0 Å². The van der Waals surface area contributed by atoms with E-state index in [0.717, 1.165) is 0 Å². The molecule has 1 aliphatic heterocycles. The number of aliphatic hydroxyl groups is 1. The van der Waals surface area contributed by atoms with E-state index in [9.17, 15) is 9.90 Å². The maximum atomic E-state index is 11.3. The van der Waals surface area contributed by atoms with Crippen molar-refractivity contribution in [2.45, 2.75) is 18.6 Å². The molecule has 5 nitrogen and oxygen atoms in total. The van der Waals surface area contributed by atoms with Crippen molar-refractivity contribution in [2.24, 2.45) is 5.73 Å². The van der Waals surface area contributed by atoms with Gasteiger partial charge >= 0.3 is 5.97 Å². The molecule has 0 aromatic rings. The standard InChI is InChI=1S/C8H14N2O3S/c1-13-8(12)6-2-5(11)4-10(6)7(14)3-9/h5-6,11H,2-4,9H2,1H3. The first kappa shape index (κ1) is 11.4. The zero-order chi connectivity index (χ0) is 10.7. The van der Waals surface area contributed by atoms with Crippen molar-refractivity contribution in [2.75, 3.05) is 20.2 Å². The second kappa shape index (κ2) is 4.68. The zero-order valence-corrected chi connectivity index (χ0v) is 8.79. The number of thiocarbonyl (C=S) groups is 1. The van der Waals surface area contributed by atoms with Gasteiger partial charge in [0, 0.05) is 19.5 Å². The van der Waals surface area contributed by atoms with Crippen LogP contribution in [0.2, 0.25) is 0 Å². The quantitative estimate of drug-likeness (QED) is 0.452. The number of nitrogens with zero attached hydrogens (tertiary/aromatic N) is 1. The summed E-state index contributed by atoms with van der Waals surface area (Å²) in [4.78, 5) is 13.4. The van der Waals surface area contributed by atoms with E-state index in [4.69, 9.17) is 18.0 Å². The Labute approximate surface area is 87.8 Å². The second-order valence-electron chi connectivity index (χ2n) is 3.18. The largest absolute Gasteiger partial charge is 0.467 e. The van der Waals surface area contributed by atoms with E-state index in [-0.39, 0.29) is 12.5 Å². The molecule has 1 heterocycles.